The first-order valence-electron chi connectivity index (χ1n) is 2.76. The second-order valence-corrected chi connectivity index (χ2v) is 1.89. The molecule has 0 aliphatic carbocycles. The number of nitrogens with one attached hydrogen (secondary N) is 1. The second kappa shape index (κ2) is 6.98. The van der Waals surface area contributed by atoms with Crippen molar-refractivity contribution in [2.45, 2.75) is 0 Å². The maximum Gasteiger partial charge on any atom is 0.221 e. The van der Waals surface area contributed by atoms with E-state index in [0.717, 1.165) is 0 Å². The lowest BCUT2D eigenvalue weighted by molar-refractivity contribution is -0.109. The predicted octanol–water partition coefficient (Wildman–Crippen LogP) is 0.341. The van der Waals surface area contributed by atoms with E-state index in [9.17, 15) is 0 Å². The highest BCUT2D eigenvalue weighted by Crippen LogP contribution is 2.00. The van der Waals surface area contributed by atoms with E-state index in [1.807, 2.05) is 0 Å². The number of carbonyl (C=O) groups is 1. The van der Waals surface area contributed by atoms with Crippen molar-refractivity contribution in [2.75, 3.05) is 0 Å². The monoisotopic (exact) mass is 173 g/mol. The average Bonchev–Trinajstić information content (AvgIpc) is 2.07. The van der Waals surface area contributed by atoms with Crippen LogP contribution < -0.4 is 11.3 Å². The van der Waals surface area contributed by atoms with E-state index in [1.165, 1.54) is 0 Å². The van der Waals surface area contributed by atoms with Crippen LogP contribution in [0.5, 0.6) is 0 Å². The number of nitrogens with two attached hydrogens (primary N) is 1. The van der Waals surface area contributed by atoms with Gasteiger partial charge in [0.15, 0.2) is 0 Å². The Morgan fingerprint density at radius 1 is 1.73 bits per heavy atom. The molecule has 0 radical (unpaired) electrons. The minimum atomic E-state index is 0.403. The number of halogens is 1. The fourth-order valence-electron chi connectivity index (χ4n) is 0.342. The molecule has 1 amide bonds. The van der Waals surface area contributed by atoms with Gasteiger partial charge in [0.05, 0.1) is 5.02 Å². The van der Waals surface area contributed by atoms with Gasteiger partial charge in [0.25, 0.3) is 0 Å². The van der Waals surface area contributed by atoms with Crippen LogP contribution in [0.1, 0.15) is 0 Å². The lowest BCUT2D eigenvalue weighted by Crippen LogP contribution is -2.18. The van der Waals surface area contributed by atoms with Crippen LogP contribution in [-0.2, 0) is 4.79 Å². The van der Waals surface area contributed by atoms with Crippen molar-refractivity contribution >= 4 is 18.0 Å². The molecule has 0 bridgehead atoms. The topological polar surface area (TPSA) is 68.0 Å². The Morgan fingerprint density at radius 3 is 2.55 bits per heavy atom. The number of hydrogen-bond acceptors (Lipinski definition) is 3. The molecule has 1 rings (SSSR count). The van der Waals surface area contributed by atoms with Gasteiger partial charge in [-0.2, -0.15) is 0 Å². The van der Waals surface area contributed by atoms with Crippen molar-refractivity contribution in [1.82, 2.24) is 10.4 Å². The number of pyridine rings is 1. The summed E-state index contributed by atoms with van der Waals surface area (Å²) in [5.41, 5.74) is 1.75. The van der Waals surface area contributed by atoms with E-state index in [0.29, 0.717) is 11.4 Å². The Bertz CT molecular complexity index is 192. The summed E-state index contributed by atoms with van der Waals surface area (Å²) in [6.45, 7) is 0. The van der Waals surface area contributed by atoms with Crippen molar-refractivity contribution in [3.8, 4) is 0 Å². The maximum atomic E-state index is 8.94. The molecule has 60 valence electrons. The highest BCUT2D eigenvalue weighted by atomic mass is 35.5. The largest absolute Gasteiger partial charge is 0.297 e. The summed E-state index contributed by atoms with van der Waals surface area (Å²) in [4.78, 5) is 12.7. The molecular weight excluding hydrogens is 166 g/mol. The normalized spacial score (nSPS) is 7.45. The third-order valence-corrected chi connectivity index (χ3v) is 0.917. The van der Waals surface area contributed by atoms with Crippen molar-refractivity contribution < 1.29 is 4.79 Å². The predicted molar refractivity (Wildman–Crippen MR) is 42.6 cm³/mol. The standard InChI is InChI=1S/C5H4ClN.CH4N2O/c6-5-2-1-3-7-4-5;2-3-1-4/h1-4H;1H,2H2,(H,3,4). The van der Waals surface area contributed by atoms with Crippen molar-refractivity contribution in [3.05, 3.63) is 29.5 Å². The molecule has 4 nitrogen and oxygen atoms in total. The first-order valence-corrected chi connectivity index (χ1v) is 3.14. The van der Waals surface area contributed by atoms with Gasteiger partial charge in [-0.25, -0.2) is 5.84 Å². The first kappa shape index (κ1) is 9.87. The van der Waals surface area contributed by atoms with E-state index < -0.39 is 0 Å². The Balaban J connectivity index is 0.000000218. The fourth-order valence-corrected chi connectivity index (χ4v) is 0.471. The van der Waals surface area contributed by atoms with Crippen LogP contribution in [0.15, 0.2) is 24.5 Å². The minimum Gasteiger partial charge on any atom is -0.297 e. The zero-order chi connectivity index (χ0) is 8.53. The van der Waals surface area contributed by atoms with Gasteiger partial charge >= 0.3 is 0 Å². The molecule has 1 heterocycles. The highest BCUT2D eigenvalue weighted by Gasteiger charge is 1.76. The Kier molecular flexibility index (Phi) is 6.27. The molecule has 0 unspecified atom stereocenters. The molecule has 0 aliphatic heterocycles. The van der Waals surface area contributed by atoms with Crippen molar-refractivity contribution in [2.24, 2.45) is 5.84 Å². The van der Waals surface area contributed by atoms with E-state index in [-0.39, 0.29) is 0 Å². The average molecular weight is 174 g/mol. The molecule has 1 aromatic heterocycles. The quantitative estimate of drug-likeness (QED) is 0.279. The summed E-state index contributed by atoms with van der Waals surface area (Å²) < 4.78 is 0. The molecule has 0 spiro atoms. The van der Waals surface area contributed by atoms with Crippen LogP contribution in [-0.4, -0.2) is 11.4 Å². The number of nitrogens with zero attached hydrogens (tertiary/aromatic N) is 1. The third-order valence-electron chi connectivity index (χ3n) is 0.693. The Labute approximate surface area is 69.3 Å². The number of hydrazine groups is 1. The summed E-state index contributed by atoms with van der Waals surface area (Å²) in [5, 5.41) is 0.683. The second-order valence-electron chi connectivity index (χ2n) is 1.46. The summed E-state index contributed by atoms with van der Waals surface area (Å²) in [6, 6.07) is 3.58. The van der Waals surface area contributed by atoms with Crippen molar-refractivity contribution in [1.29, 1.82) is 0 Å². The number of aromatic nitrogens is 1. The first-order chi connectivity index (χ1) is 5.31. The number of rotatable bonds is 1. The number of amides is 1. The van der Waals surface area contributed by atoms with Gasteiger partial charge in [0.1, 0.15) is 0 Å². The molecular formula is C6H8ClN3O. The molecule has 5 heteroatoms. The molecule has 0 saturated heterocycles. The van der Waals surface area contributed by atoms with Gasteiger partial charge in [-0.15, -0.1) is 0 Å². The van der Waals surface area contributed by atoms with Crippen LogP contribution in [0.4, 0.5) is 0 Å². The van der Waals surface area contributed by atoms with Gasteiger partial charge in [-0.1, -0.05) is 11.6 Å². The maximum absolute atomic E-state index is 8.94. The van der Waals surface area contributed by atoms with Crippen LogP contribution in [0, 0.1) is 0 Å². The Hall–Kier alpha value is -1.13. The van der Waals surface area contributed by atoms with Gasteiger partial charge < -0.3 is 0 Å². The lowest BCUT2D eigenvalue weighted by atomic mass is 10.5. The lowest BCUT2D eigenvalue weighted by Gasteiger charge is -1.79. The van der Waals surface area contributed by atoms with E-state index in [4.69, 9.17) is 16.4 Å². The summed E-state index contributed by atoms with van der Waals surface area (Å²) in [7, 11) is 0. The molecule has 0 aliphatic rings. The van der Waals surface area contributed by atoms with Crippen LogP contribution in [0.25, 0.3) is 0 Å². The molecule has 11 heavy (non-hydrogen) atoms. The number of carbonyl (C=O) groups excluding carboxylic acids is 1. The van der Waals surface area contributed by atoms with Crippen LogP contribution in [0.2, 0.25) is 5.02 Å². The number of hydrogen-bond donors (Lipinski definition) is 2. The van der Waals surface area contributed by atoms with E-state index in [2.05, 4.69) is 10.8 Å². The molecule has 0 fully saturated rings. The Morgan fingerprint density at radius 2 is 2.36 bits per heavy atom. The molecule has 1 aromatic rings. The fraction of sp³-hybridized carbons (Fsp3) is 0. The molecule has 0 atom stereocenters. The minimum absolute atomic E-state index is 0.403. The summed E-state index contributed by atoms with van der Waals surface area (Å²) in [5.74, 6) is 4.41. The van der Waals surface area contributed by atoms with Gasteiger partial charge in [0.2, 0.25) is 6.41 Å². The van der Waals surface area contributed by atoms with Crippen LogP contribution >= 0.6 is 11.6 Å². The zero-order valence-electron chi connectivity index (χ0n) is 5.70. The third kappa shape index (κ3) is 6.76. The summed E-state index contributed by atoms with van der Waals surface area (Å²) in [6.07, 6.45) is 3.69. The smallest absolute Gasteiger partial charge is 0.221 e. The van der Waals surface area contributed by atoms with Gasteiger partial charge in [-0.05, 0) is 12.1 Å². The van der Waals surface area contributed by atoms with Gasteiger partial charge in [0, 0.05) is 12.4 Å². The molecule has 3 N–H and O–H groups in total. The van der Waals surface area contributed by atoms with E-state index >= 15 is 0 Å². The van der Waals surface area contributed by atoms with Crippen molar-refractivity contribution in [3.63, 3.8) is 0 Å². The zero-order valence-corrected chi connectivity index (χ0v) is 6.45. The SMILES string of the molecule is Clc1cccnc1.NNC=O. The van der Waals surface area contributed by atoms with Gasteiger partial charge in [-0.3, -0.25) is 15.2 Å². The summed E-state index contributed by atoms with van der Waals surface area (Å²) >= 11 is 5.48. The molecule has 0 saturated carbocycles. The molecule has 0 aromatic carbocycles. The highest BCUT2D eigenvalue weighted by molar-refractivity contribution is 6.30. The van der Waals surface area contributed by atoms with E-state index in [1.54, 1.807) is 30.0 Å². The van der Waals surface area contributed by atoms with Crippen LogP contribution in [0.3, 0.4) is 0 Å².